The van der Waals surface area contributed by atoms with Crippen LogP contribution in [0.5, 0.6) is 5.75 Å². The van der Waals surface area contributed by atoms with Crippen LogP contribution >= 0.6 is 0 Å². The zero-order valence-electron chi connectivity index (χ0n) is 13.0. The number of pyridine rings is 1. The van der Waals surface area contributed by atoms with Gasteiger partial charge in [0, 0.05) is 12.6 Å². The maximum Gasteiger partial charge on any atom is 0.268 e. The van der Waals surface area contributed by atoms with Gasteiger partial charge in [0.2, 0.25) is 5.91 Å². The second kappa shape index (κ2) is 7.21. The number of hydrogen-bond acceptors (Lipinski definition) is 5. The zero-order chi connectivity index (χ0) is 17.7. The van der Waals surface area contributed by atoms with E-state index in [0.717, 1.165) is 4.90 Å². The number of nitriles is 1. The predicted octanol–water partition coefficient (Wildman–Crippen LogP) is 0.970. The molecule has 0 aliphatic carbocycles. The van der Waals surface area contributed by atoms with E-state index in [1.807, 2.05) is 0 Å². The molecule has 24 heavy (non-hydrogen) atoms. The topological polar surface area (TPSA) is 95.3 Å². The molecule has 1 aromatic heterocycles. The smallest absolute Gasteiger partial charge is 0.268 e. The van der Waals surface area contributed by atoms with Crippen molar-refractivity contribution in [3.05, 3.63) is 24.0 Å². The Kier molecular flexibility index (Phi) is 5.28. The van der Waals surface area contributed by atoms with Crippen molar-refractivity contribution in [3.8, 4) is 11.8 Å². The van der Waals surface area contributed by atoms with E-state index in [0.29, 0.717) is 6.61 Å². The predicted molar refractivity (Wildman–Crippen MR) is 78.4 cm³/mol. The Labute approximate surface area is 137 Å². The summed E-state index contributed by atoms with van der Waals surface area (Å²) in [5.41, 5.74) is 0.184. The van der Waals surface area contributed by atoms with Crippen molar-refractivity contribution in [3.63, 3.8) is 0 Å². The fourth-order valence-corrected chi connectivity index (χ4v) is 2.39. The molecule has 7 nitrogen and oxygen atoms in total. The van der Waals surface area contributed by atoms with Gasteiger partial charge in [-0.05, 0) is 13.0 Å². The molecule has 128 valence electrons. The van der Waals surface area contributed by atoms with Crippen LogP contribution in [0.3, 0.4) is 0 Å². The summed E-state index contributed by atoms with van der Waals surface area (Å²) in [6.45, 7) is 0.770. The molecule has 1 aliphatic heterocycles. The Morgan fingerprint density at radius 2 is 2.33 bits per heavy atom. The van der Waals surface area contributed by atoms with E-state index in [-0.39, 0.29) is 11.3 Å². The van der Waals surface area contributed by atoms with Gasteiger partial charge in [-0.1, -0.05) is 0 Å². The highest BCUT2D eigenvalue weighted by Gasteiger charge is 2.47. The number of carbonyl (C=O) groups excluding carboxylic acids is 2. The van der Waals surface area contributed by atoms with Gasteiger partial charge in [0.15, 0.2) is 0 Å². The number of rotatable bonds is 5. The molecule has 1 atom stereocenters. The number of hydrogen-bond donors (Lipinski definition) is 1. The van der Waals surface area contributed by atoms with Crippen molar-refractivity contribution in [2.45, 2.75) is 25.3 Å². The Bertz CT molecular complexity index is 675. The highest BCUT2D eigenvalue weighted by molar-refractivity contribution is 5.98. The highest BCUT2D eigenvalue weighted by atomic mass is 19.3. The maximum atomic E-state index is 13.3. The monoisotopic (exact) mass is 338 g/mol. The molecule has 0 aromatic carbocycles. The van der Waals surface area contributed by atoms with Crippen molar-refractivity contribution < 1.29 is 23.1 Å². The number of likely N-dealkylation sites (tertiary alicyclic amines) is 1. The van der Waals surface area contributed by atoms with Gasteiger partial charge in [0.05, 0.1) is 37.5 Å². The fraction of sp³-hybridized carbons (Fsp3) is 0.467. The Balaban J connectivity index is 1.99. The van der Waals surface area contributed by atoms with Crippen LogP contribution in [-0.2, 0) is 4.79 Å². The van der Waals surface area contributed by atoms with Crippen LogP contribution < -0.4 is 10.1 Å². The third-order valence-corrected chi connectivity index (χ3v) is 3.47. The standard InChI is InChI=1S/C15H16F2N4O3/c1-2-24-12-7-19-4-3-11(12)14(23)20-8-13(22)21-9-15(16,17)5-10(21)6-18/h3-4,7,10H,2,5,8-9H2,1H3,(H,20,23)/t10-/m0/s1. The van der Waals surface area contributed by atoms with Crippen molar-refractivity contribution >= 4 is 11.8 Å². The van der Waals surface area contributed by atoms with Crippen LogP contribution in [0, 0.1) is 11.3 Å². The summed E-state index contributed by atoms with van der Waals surface area (Å²) >= 11 is 0. The first-order chi connectivity index (χ1) is 11.4. The van der Waals surface area contributed by atoms with Crippen molar-refractivity contribution in [2.24, 2.45) is 0 Å². The zero-order valence-corrected chi connectivity index (χ0v) is 13.0. The lowest BCUT2D eigenvalue weighted by atomic mass is 10.2. The van der Waals surface area contributed by atoms with Crippen LogP contribution in [0.1, 0.15) is 23.7 Å². The number of amides is 2. The minimum absolute atomic E-state index is 0.184. The molecule has 1 saturated heterocycles. The summed E-state index contributed by atoms with van der Waals surface area (Å²) in [5.74, 6) is -4.16. The molecule has 2 heterocycles. The van der Waals surface area contributed by atoms with Gasteiger partial charge in [-0.25, -0.2) is 8.78 Å². The molecule has 2 rings (SSSR count). The van der Waals surface area contributed by atoms with Crippen LogP contribution in [0.2, 0.25) is 0 Å². The van der Waals surface area contributed by atoms with Gasteiger partial charge in [0.25, 0.3) is 11.8 Å². The molecule has 1 fully saturated rings. The van der Waals surface area contributed by atoms with E-state index in [1.54, 1.807) is 13.0 Å². The lowest BCUT2D eigenvalue weighted by Crippen LogP contribution is -2.43. The van der Waals surface area contributed by atoms with Crippen molar-refractivity contribution in [1.29, 1.82) is 5.26 Å². The van der Waals surface area contributed by atoms with E-state index in [9.17, 15) is 18.4 Å². The Hall–Kier alpha value is -2.76. The molecule has 0 spiro atoms. The van der Waals surface area contributed by atoms with E-state index in [2.05, 4.69) is 10.3 Å². The normalized spacial score (nSPS) is 18.8. The summed E-state index contributed by atoms with van der Waals surface area (Å²) in [6, 6.07) is 1.91. The van der Waals surface area contributed by atoms with Gasteiger partial charge in [-0.3, -0.25) is 14.6 Å². The van der Waals surface area contributed by atoms with Gasteiger partial charge in [-0.15, -0.1) is 0 Å². The summed E-state index contributed by atoms with van der Waals surface area (Å²) < 4.78 is 31.9. The third-order valence-electron chi connectivity index (χ3n) is 3.47. The molecule has 1 aromatic rings. The summed E-state index contributed by atoms with van der Waals surface area (Å²) in [6.07, 6.45) is 2.07. The number of nitrogens with zero attached hydrogens (tertiary/aromatic N) is 3. The minimum atomic E-state index is -3.09. The third kappa shape index (κ3) is 3.95. The maximum absolute atomic E-state index is 13.3. The number of carbonyl (C=O) groups is 2. The molecular weight excluding hydrogens is 322 g/mol. The number of ether oxygens (including phenoxy) is 1. The van der Waals surface area contributed by atoms with E-state index >= 15 is 0 Å². The second-order valence-corrected chi connectivity index (χ2v) is 5.21. The van der Waals surface area contributed by atoms with Crippen LogP contribution in [0.25, 0.3) is 0 Å². The first-order valence-electron chi connectivity index (χ1n) is 7.30. The largest absolute Gasteiger partial charge is 0.491 e. The van der Waals surface area contributed by atoms with Gasteiger partial charge < -0.3 is 15.0 Å². The van der Waals surface area contributed by atoms with E-state index in [1.165, 1.54) is 18.5 Å². The Morgan fingerprint density at radius 3 is 3.00 bits per heavy atom. The molecule has 9 heteroatoms. The summed E-state index contributed by atoms with van der Waals surface area (Å²) in [7, 11) is 0. The minimum Gasteiger partial charge on any atom is -0.491 e. The summed E-state index contributed by atoms with van der Waals surface area (Å²) in [4.78, 5) is 28.8. The molecule has 0 saturated carbocycles. The number of nitrogens with one attached hydrogen (secondary N) is 1. The molecular formula is C15H16F2N4O3. The molecule has 0 radical (unpaired) electrons. The quantitative estimate of drug-likeness (QED) is 0.863. The first-order valence-corrected chi connectivity index (χ1v) is 7.30. The molecule has 1 aliphatic rings. The van der Waals surface area contributed by atoms with Gasteiger partial charge in [-0.2, -0.15) is 5.26 Å². The molecule has 2 amide bonds. The fourth-order valence-electron chi connectivity index (χ4n) is 2.39. The number of alkyl halides is 2. The van der Waals surface area contributed by atoms with E-state index < -0.39 is 43.3 Å². The highest BCUT2D eigenvalue weighted by Crippen LogP contribution is 2.31. The SMILES string of the molecule is CCOc1cnccc1C(=O)NCC(=O)N1CC(F)(F)C[C@H]1C#N. The van der Waals surface area contributed by atoms with E-state index in [4.69, 9.17) is 10.00 Å². The second-order valence-electron chi connectivity index (χ2n) is 5.21. The van der Waals surface area contributed by atoms with Crippen LogP contribution in [0.4, 0.5) is 8.78 Å². The summed E-state index contributed by atoms with van der Waals surface area (Å²) in [5, 5.41) is 11.2. The lowest BCUT2D eigenvalue weighted by Gasteiger charge is -2.19. The number of aromatic nitrogens is 1. The van der Waals surface area contributed by atoms with Crippen molar-refractivity contribution in [2.75, 3.05) is 19.7 Å². The van der Waals surface area contributed by atoms with Crippen LogP contribution in [-0.4, -0.2) is 53.4 Å². The average Bonchev–Trinajstić information content (AvgIpc) is 2.88. The molecule has 0 unspecified atom stereocenters. The average molecular weight is 338 g/mol. The molecule has 0 bridgehead atoms. The number of halogens is 2. The lowest BCUT2D eigenvalue weighted by molar-refractivity contribution is -0.131. The molecule has 1 N–H and O–H groups in total. The Morgan fingerprint density at radius 1 is 1.58 bits per heavy atom. The van der Waals surface area contributed by atoms with Gasteiger partial charge in [0.1, 0.15) is 11.8 Å². The van der Waals surface area contributed by atoms with Gasteiger partial charge >= 0.3 is 0 Å². The first kappa shape index (κ1) is 17.6. The van der Waals surface area contributed by atoms with Crippen molar-refractivity contribution in [1.82, 2.24) is 15.2 Å². The van der Waals surface area contributed by atoms with Crippen LogP contribution in [0.15, 0.2) is 18.5 Å².